The number of fused-ring (bicyclic) bond motifs is 2. The normalized spacial score (nSPS) is 12.2. The summed E-state index contributed by atoms with van der Waals surface area (Å²) >= 11 is 0. The van der Waals surface area contributed by atoms with Crippen LogP contribution in [-0.2, 0) is 11.8 Å². The van der Waals surface area contributed by atoms with Crippen molar-refractivity contribution in [3.8, 4) is 11.4 Å². The molecule has 0 aliphatic rings. The van der Waals surface area contributed by atoms with Crippen LogP contribution in [0.25, 0.3) is 33.5 Å². The lowest BCUT2D eigenvalue weighted by Gasteiger charge is -2.26. The molecule has 0 bridgehead atoms. The molecule has 0 aliphatic carbocycles. The zero-order valence-corrected chi connectivity index (χ0v) is 21.9. The number of ether oxygens (including phenoxy) is 1. The predicted octanol–water partition coefficient (Wildman–Crippen LogP) is 4.46. The molecular formula is C26H32FN7O3. The van der Waals surface area contributed by atoms with Crippen LogP contribution in [0.5, 0.6) is 0 Å². The van der Waals surface area contributed by atoms with Crippen molar-refractivity contribution in [1.29, 1.82) is 0 Å². The van der Waals surface area contributed by atoms with E-state index in [1.807, 2.05) is 34.6 Å². The molecule has 0 saturated carbocycles. The predicted molar refractivity (Wildman–Crippen MR) is 139 cm³/mol. The summed E-state index contributed by atoms with van der Waals surface area (Å²) in [4.78, 5) is 37.1. The largest absolute Gasteiger partial charge is 0.444 e. The number of H-pyrrole nitrogens is 1. The summed E-state index contributed by atoms with van der Waals surface area (Å²) in [6.07, 6.45) is 3.97. The molecule has 4 rings (SSSR count). The van der Waals surface area contributed by atoms with Gasteiger partial charge >= 0.3 is 6.09 Å². The Hall–Kier alpha value is -4.02. The first-order chi connectivity index (χ1) is 17.3. The maximum Gasteiger partial charge on any atom is 0.407 e. The molecule has 2 amide bonds. The van der Waals surface area contributed by atoms with Gasteiger partial charge in [-0.1, -0.05) is 0 Å². The highest BCUT2D eigenvalue weighted by atomic mass is 19.1. The number of hydrogen-bond donors (Lipinski definition) is 3. The average Bonchev–Trinajstić information content (AvgIpc) is 3.36. The second-order valence-electron chi connectivity index (χ2n) is 10.7. The van der Waals surface area contributed by atoms with Crippen molar-refractivity contribution in [3.63, 3.8) is 0 Å². The number of aromatic nitrogens is 5. The summed E-state index contributed by atoms with van der Waals surface area (Å²) in [5, 5.41) is 11.0. The number of hydrogen-bond acceptors (Lipinski definition) is 6. The van der Waals surface area contributed by atoms with Crippen LogP contribution in [0.2, 0.25) is 0 Å². The van der Waals surface area contributed by atoms with Gasteiger partial charge in [0.2, 0.25) is 0 Å². The van der Waals surface area contributed by atoms with E-state index in [1.165, 1.54) is 12.1 Å². The number of alkyl carbamates (subject to hydrolysis) is 1. The van der Waals surface area contributed by atoms with Crippen LogP contribution in [0.4, 0.5) is 9.18 Å². The van der Waals surface area contributed by atoms with Crippen molar-refractivity contribution in [1.82, 2.24) is 35.4 Å². The van der Waals surface area contributed by atoms with E-state index in [2.05, 4.69) is 30.7 Å². The summed E-state index contributed by atoms with van der Waals surface area (Å²) in [5.74, 6) is -0.646. The molecule has 196 valence electrons. The van der Waals surface area contributed by atoms with Gasteiger partial charge in [0.1, 0.15) is 28.3 Å². The molecular weight excluding hydrogens is 477 g/mol. The Kier molecular flexibility index (Phi) is 6.90. The van der Waals surface area contributed by atoms with Crippen molar-refractivity contribution in [2.24, 2.45) is 7.05 Å². The van der Waals surface area contributed by atoms with Crippen molar-refractivity contribution in [2.75, 3.05) is 6.54 Å². The molecule has 37 heavy (non-hydrogen) atoms. The van der Waals surface area contributed by atoms with E-state index in [9.17, 15) is 14.0 Å². The van der Waals surface area contributed by atoms with Crippen LogP contribution in [0.15, 0.2) is 30.6 Å². The number of rotatable bonds is 7. The Morgan fingerprint density at radius 3 is 2.68 bits per heavy atom. The highest BCUT2D eigenvalue weighted by Gasteiger charge is 2.24. The molecule has 0 unspecified atom stereocenters. The highest BCUT2D eigenvalue weighted by Crippen LogP contribution is 2.28. The lowest BCUT2D eigenvalue weighted by molar-refractivity contribution is 0.0524. The molecule has 0 saturated heterocycles. The van der Waals surface area contributed by atoms with E-state index in [-0.39, 0.29) is 11.7 Å². The van der Waals surface area contributed by atoms with Gasteiger partial charge in [0.25, 0.3) is 5.91 Å². The molecule has 3 aromatic heterocycles. The molecule has 3 N–H and O–H groups in total. The van der Waals surface area contributed by atoms with Gasteiger partial charge in [0.15, 0.2) is 5.65 Å². The second kappa shape index (κ2) is 9.79. The summed E-state index contributed by atoms with van der Waals surface area (Å²) in [7, 11) is 1.73. The van der Waals surface area contributed by atoms with Gasteiger partial charge in [-0.25, -0.2) is 19.2 Å². The molecule has 10 nitrogen and oxygen atoms in total. The molecule has 0 spiro atoms. The minimum absolute atomic E-state index is 0.296. The lowest BCUT2D eigenvalue weighted by atomic mass is 9.98. The SMILES string of the molecule is Cn1nc(-c2cnc3[nH]cc(C(=O)NC(C)(C)CCCNC(=O)OC(C)(C)C)c3n2)c2ccc(F)cc21. The molecule has 11 heteroatoms. The summed E-state index contributed by atoms with van der Waals surface area (Å²) in [6, 6.07) is 4.45. The van der Waals surface area contributed by atoms with Crippen LogP contribution in [0, 0.1) is 5.82 Å². The maximum absolute atomic E-state index is 13.7. The van der Waals surface area contributed by atoms with Crippen LogP contribution >= 0.6 is 0 Å². The monoisotopic (exact) mass is 509 g/mol. The van der Waals surface area contributed by atoms with Crippen molar-refractivity contribution < 1.29 is 18.7 Å². The molecule has 0 atom stereocenters. The Morgan fingerprint density at radius 2 is 1.95 bits per heavy atom. The first-order valence-corrected chi connectivity index (χ1v) is 12.1. The number of halogens is 1. The zero-order valence-electron chi connectivity index (χ0n) is 21.9. The topological polar surface area (TPSA) is 127 Å². The zero-order chi connectivity index (χ0) is 27.0. The van der Waals surface area contributed by atoms with Crippen LogP contribution < -0.4 is 10.6 Å². The summed E-state index contributed by atoms with van der Waals surface area (Å²) in [6.45, 7) is 9.69. The van der Waals surface area contributed by atoms with E-state index < -0.39 is 17.2 Å². The van der Waals surface area contributed by atoms with Gasteiger partial charge in [-0.05, 0) is 65.7 Å². The van der Waals surface area contributed by atoms with E-state index in [4.69, 9.17) is 4.74 Å². The van der Waals surface area contributed by atoms with Crippen molar-refractivity contribution in [3.05, 3.63) is 42.0 Å². The fraction of sp³-hybridized carbons (Fsp3) is 0.423. The number of nitrogens with one attached hydrogen (secondary N) is 3. The van der Waals surface area contributed by atoms with Gasteiger partial charge in [0, 0.05) is 30.7 Å². The Morgan fingerprint density at radius 1 is 1.19 bits per heavy atom. The quantitative estimate of drug-likeness (QED) is 0.316. The fourth-order valence-electron chi connectivity index (χ4n) is 4.07. The van der Waals surface area contributed by atoms with E-state index in [1.54, 1.807) is 30.2 Å². The van der Waals surface area contributed by atoms with Gasteiger partial charge in [-0.2, -0.15) is 5.10 Å². The number of aromatic amines is 1. The third-order valence-corrected chi connectivity index (χ3v) is 5.78. The van der Waals surface area contributed by atoms with Gasteiger partial charge in [0.05, 0.1) is 17.3 Å². The molecule has 0 radical (unpaired) electrons. The van der Waals surface area contributed by atoms with Crippen molar-refractivity contribution >= 4 is 34.1 Å². The Bertz CT molecular complexity index is 1470. The molecule has 4 aromatic rings. The van der Waals surface area contributed by atoms with E-state index >= 15 is 0 Å². The Balaban J connectivity index is 1.47. The fourth-order valence-corrected chi connectivity index (χ4v) is 4.07. The van der Waals surface area contributed by atoms with E-state index in [0.29, 0.717) is 53.0 Å². The molecule has 1 aromatic carbocycles. The molecule has 0 fully saturated rings. The second-order valence-corrected chi connectivity index (χ2v) is 10.7. The van der Waals surface area contributed by atoms with E-state index in [0.717, 1.165) is 5.39 Å². The first-order valence-electron chi connectivity index (χ1n) is 12.1. The van der Waals surface area contributed by atoms with Crippen LogP contribution in [0.1, 0.15) is 57.8 Å². The number of nitrogens with zero attached hydrogens (tertiary/aromatic N) is 4. The highest BCUT2D eigenvalue weighted by molar-refractivity contribution is 6.05. The Labute approximate surface area is 214 Å². The standard InChI is InChI=1S/C26H32FN7O3/c1-25(2,3)37-24(36)28-11-7-10-26(4,5)32-23(35)17-13-29-22-21(17)31-18(14-30-22)20-16-9-8-15(27)12-19(16)34(6)33-20/h8-9,12-14H,7,10-11H2,1-6H3,(H,28,36)(H,29,30)(H,32,35). The third-order valence-electron chi connectivity index (χ3n) is 5.78. The summed E-state index contributed by atoms with van der Waals surface area (Å²) < 4.78 is 20.5. The van der Waals surface area contributed by atoms with Gasteiger partial charge in [-0.3, -0.25) is 9.48 Å². The molecule has 3 heterocycles. The minimum Gasteiger partial charge on any atom is -0.444 e. The maximum atomic E-state index is 13.7. The number of carbonyl (C=O) groups is 2. The number of carbonyl (C=O) groups excluding carboxylic acids is 2. The minimum atomic E-state index is -0.555. The molecule has 0 aliphatic heterocycles. The van der Waals surface area contributed by atoms with Crippen LogP contribution in [-0.4, -0.2) is 54.4 Å². The number of aryl methyl sites for hydroxylation is 1. The third kappa shape index (κ3) is 6.04. The average molecular weight is 510 g/mol. The smallest absolute Gasteiger partial charge is 0.407 e. The van der Waals surface area contributed by atoms with Gasteiger partial charge in [-0.15, -0.1) is 0 Å². The first kappa shape index (κ1) is 26.1. The van der Waals surface area contributed by atoms with Crippen LogP contribution in [0.3, 0.4) is 0 Å². The summed E-state index contributed by atoms with van der Waals surface area (Å²) in [5.41, 5.74) is 1.81. The van der Waals surface area contributed by atoms with Crippen molar-refractivity contribution in [2.45, 2.75) is 58.6 Å². The number of amides is 2. The number of benzene rings is 1. The lowest BCUT2D eigenvalue weighted by Crippen LogP contribution is -2.44. The van der Waals surface area contributed by atoms with Gasteiger partial charge < -0.3 is 20.4 Å².